The Morgan fingerprint density at radius 1 is 1.26 bits per heavy atom. The third-order valence-electron chi connectivity index (χ3n) is 3.75. The van der Waals surface area contributed by atoms with Crippen LogP contribution in [0.15, 0.2) is 42.5 Å². The highest BCUT2D eigenvalue weighted by atomic mass is 16.5. The molecule has 0 bridgehead atoms. The molecule has 0 aliphatic rings. The van der Waals surface area contributed by atoms with E-state index < -0.39 is 11.9 Å². The Labute approximate surface area is 137 Å². The van der Waals surface area contributed by atoms with Crippen molar-refractivity contribution in [1.29, 1.82) is 0 Å². The summed E-state index contributed by atoms with van der Waals surface area (Å²) in [6.45, 7) is 9.91. The maximum Gasteiger partial charge on any atom is 0.334 e. The van der Waals surface area contributed by atoms with E-state index >= 15 is 0 Å². The van der Waals surface area contributed by atoms with Gasteiger partial charge >= 0.3 is 11.9 Å². The number of carbonyl (C=O) groups excluding carboxylic acids is 1. The number of aliphatic carboxylic acids is 1. The van der Waals surface area contributed by atoms with E-state index in [9.17, 15) is 9.59 Å². The van der Waals surface area contributed by atoms with Crippen LogP contribution in [-0.4, -0.2) is 41.1 Å². The van der Waals surface area contributed by atoms with Crippen LogP contribution in [0, 0.1) is 0 Å². The summed E-state index contributed by atoms with van der Waals surface area (Å²) in [5.41, 5.74) is 1.38. The summed E-state index contributed by atoms with van der Waals surface area (Å²) in [6, 6.07) is 9.48. The zero-order valence-electron chi connectivity index (χ0n) is 14.0. The minimum atomic E-state index is -0.871. The topological polar surface area (TPSA) is 66.8 Å². The number of carboxylic acids is 1. The van der Waals surface area contributed by atoms with Gasteiger partial charge in [-0.25, -0.2) is 4.79 Å². The Balaban J connectivity index is 2.95. The van der Waals surface area contributed by atoms with E-state index in [4.69, 9.17) is 9.84 Å². The third-order valence-corrected chi connectivity index (χ3v) is 3.75. The fourth-order valence-corrected chi connectivity index (χ4v) is 2.49. The van der Waals surface area contributed by atoms with Crippen molar-refractivity contribution in [3.05, 3.63) is 48.0 Å². The van der Waals surface area contributed by atoms with Crippen molar-refractivity contribution in [1.82, 2.24) is 4.90 Å². The number of hydrogen-bond donors (Lipinski definition) is 1. The lowest BCUT2D eigenvalue weighted by atomic mass is 10.0. The van der Waals surface area contributed by atoms with Crippen molar-refractivity contribution < 1.29 is 19.4 Å². The summed E-state index contributed by atoms with van der Waals surface area (Å²) in [6.07, 6.45) is -0.00667. The van der Waals surface area contributed by atoms with Gasteiger partial charge in [-0.1, -0.05) is 36.9 Å². The molecule has 5 nitrogen and oxygen atoms in total. The molecule has 1 rings (SSSR count). The number of rotatable bonds is 9. The first-order chi connectivity index (χ1) is 10.9. The van der Waals surface area contributed by atoms with Crippen LogP contribution in [0.3, 0.4) is 0 Å². The molecule has 0 amide bonds. The normalized spacial score (nSPS) is 13.4. The number of carboxylic acid groups (broad SMARTS) is 1. The second kappa shape index (κ2) is 9.10. The van der Waals surface area contributed by atoms with Gasteiger partial charge < -0.3 is 9.84 Å². The fourth-order valence-electron chi connectivity index (χ4n) is 2.49. The van der Waals surface area contributed by atoms with E-state index in [-0.39, 0.29) is 31.7 Å². The van der Waals surface area contributed by atoms with Crippen LogP contribution in [0.5, 0.6) is 0 Å². The summed E-state index contributed by atoms with van der Waals surface area (Å²) in [5.74, 6) is -1.32. The van der Waals surface area contributed by atoms with Crippen LogP contribution in [0.25, 0.3) is 0 Å². The summed E-state index contributed by atoms with van der Waals surface area (Å²) in [4.78, 5) is 24.8. The maximum absolute atomic E-state index is 11.8. The van der Waals surface area contributed by atoms with E-state index in [1.54, 1.807) is 6.92 Å². The first kappa shape index (κ1) is 18.9. The standard InChI is InChI=1S/C18H25NO4/c1-5-23-18(22)13(2)12-19(14(3)11-17(20)21)15(4)16-9-7-6-8-10-16/h6-10,14-15H,2,5,11-12H2,1,3-4H3,(H,20,21)/t14-,15-/m0/s1. The molecule has 0 saturated carbocycles. The van der Waals surface area contributed by atoms with Gasteiger partial charge in [-0.3, -0.25) is 9.69 Å². The van der Waals surface area contributed by atoms with Crippen molar-refractivity contribution in [2.75, 3.05) is 13.2 Å². The highest BCUT2D eigenvalue weighted by Crippen LogP contribution is 2.24. The molecule has 1 aromatic rings. The molecular formula is C18H25NO4. The van der Waals surface area contributed by atoms with Crippen molar-refractivity contribution in [2.45, 2.75) is 39.3 Å². The second-order valence-electron chi connectivity index (χ2n) is 5.53. The van der Waals surface area contributed by atoms with Gasteiger partial charge in [-0.15, -0.1) is 0 Å². The third kappa shape index (κ3) is 5.87. The lowest BCUT2D eigenvalue weighted by Crippen LogP contribution is -2.39. The quantitative estimate of drug-likeness (QED) is 0.560. The van der Waals surface area contributed by atoms with E-state index in [1.165, 1.54) is 0 Å². The van der Waals surface area contributed by atoms with Gasteiger partial charge in [0, 0.05) is 24.2 Å². The number of esters is 1. The van der Waals surface area contributed by atoms with Gasteiger partial charge in [0.2, 0.25) is 0 Å². The summed E-state index contributed by atoms with van der Waals surface area (Å²) in [5, 5.41) is 9.07. The predicted molar refractivity (Wildman–Crippen MR) is 89.1 cm³/mol. The van der Waals surface area contributed by atoms with Gasteiger partial charge in [-0.2, -0.15) is 0 Å². The molecule has 0 unspecified atom stereocenters. The zero-order valence-corrected chi connectivity index (χ0v) is 14.0. The molecule has 0 fully saturated rings. The van der Waals surface area contributed by atoms with Crippen LogP contribution < -0.4 is 0 Å². The highest BCUT2D eigenvalue weighted by Gasteiger charge is 2.25. The Bertz CT molecular complexity index is 541. The zero-order chi connectivity index (χ0) is 17.4. The molecule has 0 radical (unpaired) electrons. The second-order valence-corrected chi connectivity index (χ2v) is 5.53. The summed E-state index contributed by atoms with van der Waals surface area (Å²) in [7, 11) is 0. The van der Waals surface area contributed by atoms with E-state index in [2.05, 4.69) is 6.58 Å². The molecule has 0 spiro atoms. The van der Waals surface area contributed by atoms with Gasteiger partial charge in [0.15, 0.2) is 0 Å². The van der Waals surface area contributed by atoms with Crippen molar-refractivity contribution >= 4 is 11.9 Å². The molecule has 2 atom stereocenters. The largest absolute Gasteiger partial charge is 0.481 e. The van der Waals surface area contributed by atoms with Gasteiger partial charge in [-0.05, 0) is 26.3 Å². The van der Waals surface area contributed by atoms with Gasteiger partial charge in [0.05, 0.1) is 13.0 Å². The fraction of sp³-hybridized carbons (Fsp3) is 0.444. The van der Waals surface area contributed by atoms with Crippen LogP contribution >= 0.6 is 0 Å². The van der Waals surface area contributed by atoms with E-state index in [0.29, 0.717) is 5.57 Å². The minimum Gasteiger partial charge on any atom is -0.481 e. The smallest absolute Gasteiger partial charge is 0.334 e. The number of ether oxygens (including phenoxy) is 1. The molecule has 5 heteroatoms. The molecule has 0 aliphatic heterocycles. The molecule has 1 N–H and O–H groups in total. The lowest BCUT2D eigenvalue weighted by Gasteiger charge is -2.34. The number of hydrogen-bond acceptors (Lipinski definition) is 4. The van der Waals surface area contributed by atoms with Crippen molar-refractivity contribution in [3.63, 3.8) is 0 Å². The van der Waals surface area contributed by atoms with E-state index in [0.717, 1.165) is 5.56 Å². The SMILES string of the molecule is C=C(CN([C@@H](C)CC(=O)O)[C@@H](C)c1ccccc1)C(=O)OCC. The first-order valence-electron chi connectivity index (χ1n) is 7.74. The average molecular weight is 319 g/mol. The van der Waals surface area contributed by atoms with Crippen LogP contribution in [0.1, 0.15) is 38.8 Å². The summed E-state index contributed by atoms with van der Waals surface area (Å²) < 4.78 is 4.97. The minimum absolute atomic E-state index is 0.00667. The maximum atomic E-state index is 11.8. The first-order valence-corrected chi connectivity index (χ1v) is 7.74. The Morgan fingerprint density at radius 2 is 1.87 bits per heavy atom. The number of benzene rings is 1. The van der Waals surface area contributed by atoms with Crippen molar-refractivity contribution in [3.8, 4) is 0 Å². The molecule has 23 heavy (non-hydrogen) atoms. The van der Waals surface area contributed by atoms with Gasteiger partial charge in [0.1, 0.15) is 0 Å². The molecule has 126 valence electrons. The number of nitrogens with zero attached hydrogens (tertiary/aromatic N) is 1. The molecule has 0 saturated heterocycles. The highest BCUT2D eigenvalue weighted by molar-refractivity contribution is 5.88. The van der Waals surface area contributed by atoms with Crippen LogP contribution in [-0.2, 0) is 14.3 Å². The summed E-state index contributed by atoms with van der Waals surface area (Å²) >= 11 is 0. The molecule has 0 heterocycles. The van der Waals surface area contributed by atoms with Gasteiger partial charge in [0.25, 0.3) is 0 Å². The predicted octanol–water partition coefficient (Wildman–Crippen LogP) is 3.03. The molecule has 0 aromatic heterocycles. The van der Waals surface area contributed by atoms with Crippen molar-refractivity contribution in [2.24, 2.45) is 0 Å². The van der Waals surface area contributed by atoms with Crippen LogP contribution in [0.4, 0.5) is 0 Å². The Hall–Kier alpha value is -2.14. The van der Waals surface area contributed by atoms with Crippen LogP contribution in [0.2, 0.25) is 0 Å². The molecule has 1 aromatic carbocycles. The molecule has 0 aliphatic carbocycles. The molecular weight excluding hydrogens is 294 g/mol. The lowest BCUT2D eigenvalue weighted by molar-refractivity contribution is -0.138. The number of carbonyl (C=O) groups is 2. The average Bonchev–Trinajstić information content (AvgIpc) is 2.52. The Morgan fingerprint density at radius 3 is 2.39 bits per heavy atom. The van der Waals surface area contributed by atoms with E-state index in [1.807, 2.05) is 49.1 Å². The Kier molecular flexibility index (Phi) is 7.48. The monoisotopic (exact) mass is 319 g/mol.